The quantitative estimate of drug-likeness (QED) is 0.529. The van der Waals surface area contributed by atoms with E-state index in [1.807, 2.05) is 14.1 Å². The van der Waals surface area contributed by atoms with E-state index in [4.69, 9.17) is 0 Å². The SMILES string of the molecule is CN(C)C[C@H]1CNC[C@@H]1O. The van der Waals surface area contributed by atoms with E-state index in [0.717, 1.165) is 19.6 Å². The van der Waals surface area contributed by atoms with Crippen molar-refractivity contribution in [3.63, 3.8) is 0 Å². The topological polar surface area (TPSA) is 35.5 Å². The van der Waals surface area contributed by atoms with Crippen molar-refractivity contribution in [2.75, 3.05) is 33.7 Å². The van der Waals surface area contributed by atoms with Gasteiger partial charge in [0, 0.05) is 25.6 Å². The lowest BCUT2D eigenvalue weighted by atomic mass is 10.1. The maximum Gasteiger partial charge on any atom is 0.0717 e. The Labute approximate surface area is 62.0 Å². The van der Waals surface area contributed by atoms with Crippen LogP contribution in [0.15, 0.2) is 0 Å². The molecule has 1 aliphatic heterocycles. The highest BCUT2D eigenvalue weighted by molar-refractivity contribution is 4.81. The number of aliphatic hydroxyl groups excluding tert-OH is 1. The second-order valence-electron chi connectivity index (χ2n) is 3.25. The highest BCUT2D eigenvalue weighted by Crippen LogP contribution is 2.08. The summed E-state index contributed by atoms with van der Waals surface area (Å²) in [5.74, 6) is 0.426. The summed E-state index contributed by atoms with van der Waals surface area (Å²) < 4.78 is 0. The van der Waals surface area contributed by atoms with Gasteiger partial charge in [-0.05, 0) is 14.1 Å². The lowest BCUT2D eigenvalue weighted by Gasteiger charge is -2.17. The van der Waals surface area contributed by atoms with Gasteiger partial charge in [0.25, 0.3) is 0 Å². The first-order chi connectivity index (χ1) is 4.70. The summed E-state index contributed by atoms with van der Waals surface area (Å²) in [7, 11) is 4.07. The van der Waals surface area contributed by atoms with Crippen LogP contribution in [0.5, 0.6) is 0 Å². The van der Waals surface area contributed by atoms with E-state index in [2.05, 4.69) is 10.2 Å². The van der Waals surface area contributed by atoms with E-state index >= 15 is 0 Å². The van der Waals surface area contributed by atoms with Crippen LogP contribution in [0.3, 0.4) is 0 Å². The molecule has 0 aromatic heterocycles. The van der Waals surface area contributed by atoms with Crippen LogP contribution in [0.1, 0.15) is 0 Å². The molecular weight excluding hydrogens is 128 g/mol. The minimum Gasteiger partial charge on any atom is -0.391 e. The lowest BCUT2D eigenvalue weighted by Crippen LogP contribution is -2.29. The van der Waals surface area contributed by atoms with Gasteiger partial charge in [-0.15, -0.1) is 0 Å². The monoisotopic (exact) mass is 144 g/mol. The smallest absolute Gasteiger partial charge is 0.0717 e. The van der Waals surface area contributed by atoms with Gasteiger partial charge in [0.15, 0.2) is 0 Å². The minimum atomic E-state index is -0.137. The summed E-state index contributed by atoms with van der Waals surface area (Å²) >= 11 is 0. The predicted octanol–water partition coefficient (Wildman–Crippen LogP) is -0.872. The average molecular weight is 144 g/mol. The number of hydrogen-bond donors (Lipinski definition) is 2. The van der Waals surface area contributed by atoms with E-state index in [9.17, 15) is 5.11 Å². The number of β-amino-alcohol motifs (C(OH)–C–C–N with tert-alkyl or cyclic N) is 1. The summed E-state index contributed by atoms with van der Waals surface area (Å²) in [5, 5.41) is 12.5. The van der Waals surface area contributed by atoms with Crippen LogP contribution < -0.4 is 5.32 Å². The van der Waals surface area contributed by atoms with Crippen LogP contribution in [0, 0.1) is 5.92 Å². The Morgan fingerprint density at radius 3 is 2.60 bits per heavy atom. The molecular formula is C7H16N2O. The van der Waals surface area contributed by atoms with Crippen LogP contribution in [0.4, 0.5) is 0 Å². The Balaban J connectivity index is 2.26. The molecule has 0 spiro atoms. The van der Waals surface area contributed by atoms with E-state index in [0.29, 0.717) is 5.92 Å². The Bertz CT molecular complexity index is 106. The molecule has 10 heavy (non-hydrogen) atoms. The maximum absolute atomic E-state index is 9.35. The van der Waals surface area contributed by atoms with Crippen molar-refractivity contribution in [1.29, 1.82) is 0 Å². The molecule has 1 rings (SSSR count). The molecule has 3 heteroatoms. The van der Waals surface area contributed by atoms with Crippen molar-refractivity contribution < 1.29 is 5.11 Å². The second kappa shape index (κ2) is 3.32. The van der Waals surface area contributed by atoms with Crippen molar-refractivity contribution >= 4 is 0 Å². The van der Waals surface area contributed by atoms with Gasteiger partial charge in [0.1, 0.15) is 0 Å². The first-order valence-corrected chi connectivity index (χ1v) is 3.73. The first-order valence-electron chi connectivity index (χ1n) is 3.73. The zero-order valence-electron chi connectivity index (χ0n) is 6.67. The third kappa shape index (κ3) is 1.94. The molecule has 0 aromatic rings. The maximum atomic E-state index is 9.35. The van der Waals surface area contributed by atoms with Crippen LogP contribution in [-0.4, -0.2) is 49.8 Å². The van der Waals surface area contributed by atoms with Gasteiger partial charge in [-0.1, -0.05) is 0 Å². The molecule has 0 aliphatic carbocycles. The summed E-state index contributed by atoms with van der Waals surface area (Å²) in [6.45, 7) is 2.70. The Hall–Kier alpha value is -0.120. The zero-order chi connectivity index (χ0) is 7.56. The van der Waals surface area contributed by atoms with Crippen molar-refractivity contribution in [3.05, 3.63) is 0 Å². The predicted molar refractivity (Wildman–Crippen MR) is 40.9 cm³/mol. The standard InChI is InChI=1S/C7H16N2O/c1-9(2)5-6-3-8-4-7(6)10/h6-8,10H,3-5H2,1-2H3/t6-,7+/m1/s1. The number of rotatable bonds is 2. The van der Waals surface area contributed by atoms with Gasteiger partial charge in [-0.25, -0.2) is 0 Å². The molecule has 1 saturated heterocycles. The molecule has 0 amide bonds. The fourth-order valence-corrected chi connectivity index (χ4v) is 1.37. The van der Waals surface area contributed by atoms with E-state index in [1.165, 1.54) is 0 Å². The zero-order valence-corrected chi connectivity index (χ0v) is 6.67. The minimum absolute atomic E-state index is 0.137. The fourth-order valence-electron chi connectivity index (χ4n) is 1.37. The molecule has 0 saturated carbocycles. The number of hydrogen-bond acceptors (Lipinski definition) is 3. The highest BCUT2D eigenvalue weighted by atomic mass is 16.3. The molecule has 0 radical (unpaired) electrons. The van der Waals surface area contributed by atoms with Crippen molar-refractivity contribution in [3.8, 4) is 0 Å². The van der Waals surface area contributed by atoms with Crippen LogP contribution >= 0.6 is 0 Å². The summed E-state index contributed by atoms with van der Waals surface area (Å²) in [4.78, 5) is 2.11. The van der Waals surface area contributed by atoms with Gasteiger partial charge in [0.05, 0.1) is 6.10 Å². The number of aliphatic hydroxyl groups is 1. The Kier molecular flexibility index (Phi) is 2.65. The van der Waals surface area contributed by atoms with Crippen molar-refractivity contribution in [1.82, 2.24) is 10.2 Å². The molecule has 0 aromatic carbocycles. The normalized spacial score (nSPS) is 33.6. The van der Waals surface area contributed by atoms with Crippen LogP contribution in [-0.2, 0) is 0 Å². The second-order valence-corrected chi connectivity index (χ2v) is 3.25. The molecule has 1 aliphatic rings. The fraction of sp³-hybridized carbons (Fsp3) is 1.00. The summed E-state index contributed by atoms with van der Waals surface area (Å²) in [6.07, 6.45) is -0.137. The lowest BCUT2D eigenvalue weighted by molar-refractivity contribution is 0.129. The largest absolute Gasteiger partial charge is 0.391 e. The van der Waals surface area contributed by atoms with E-state index in [-0.39, 0.29) is 6.10 Å². The Morgan fingerprint density at radius 1 is 1.50 bits per heavy atom. The molecule has 60 valence electrons. The van der Waals surface area contributed by atoms with E-state index in [1.54, 1.807) is 0 Å². The third-order valence-corrected chi connectivity index (χ3v) is 1.90. The Morgan fingerprint density at radius 2 is 2.20 bits per heavy atom. The van der Waals surface area contributed by atoms with Gasteiger partial charge in [0.2, 0.25) is 0 Å². The molecule has 3 nitrogen and oxygen atoms in total. The average Bonchev–Trinajstić information content (AvgIpc) is 2.15. The molecule has 1 fully saturated rings. The first kappa shape index (κ1) is 7.98. The number of nitrogens with zero attached hydrogens (tertiary/aromatic N) is 1. The van der Waals surface area contributed by atoms with Gasteiger partial charge in [-0.2, -0.15) is 0 Å². The van der Waals surface area contributed by atoms with Gasteiger partial charge in [-0.3, -0.25) is 0 Å². The highest BCUT2D eigenvalue weighted by Gasteiger charge is 2.24. The summed E-state index contributed by atoms with van der Waals surface area (Å²) in [5.41, 5.74) is 0. The van der Waals surface area contributed by atoms with Crippen molar-refractivity contribution in [2.45, 2.75) is 6.10 Å². The summed E-state index contributed by atoms with van der Waals surface area (Å²) in [6, 6.07) is 0. The third-order valence-electron chi connectivity index (χ3n) is 1.90. The molecule has 2 N–H and O–H groups in total. The van der Waals surface area contributed by atoms with Crippen LogP contribution in [0.2, 0.25) is 0 Å². The van der Waals surface area contributed by atoms with Crippen LogP contribution in [0.25, 0.3) is 0 Å². The molecule has 0 bridgehead atoms. The van der Waals surface area contributed by atoms with Crippen molar-refractivity contribution in [2.24, 2.45) is 5.92 Å². The molecule has 1 heterocycles. The molecule has 0 unspecified atom stereocenters. The van der Waals surface area contributed by atoms with E-state index < -0.39 is 0 Å². The van der Waals surface area contributed by atoms with Gasteiger partial charge < -0.3 is 15.3 Å². The number of nitrogens with one attached hydrogen (secondary N) is 1. The molecule has 2 atom stereocenters. The van der Waals surface area contributed by atoms with Gasteiger partial charge >= 0.3 is 0 Å².